The molecule has 2 aromatic heterocycles. The highest BCUT2D eigenvalue weighted by Gasteiger charge is 2.29. The lowest BCUT2D eigenvalue weighted by molar-refractivity contribution is 0.257. The zero-order valence-electron chi connectivity index (χ0n) is 11.6. The smallest absolute Gasteiger partial charge is 0.260 e. The maximum absolute atomic E-state index is 12.1. The molecular weight excluding hydrogens is 254 g/mol. The number of nitrogens with one attached hydrogen (secondary N) is 1. The van der Waals surface area contributed by atoms with Crippen LogP contribution in [0.3, 0.4) is 0 Å². The van der Waals surface area contributed by atoms with Gasteiger partial charge in [-0.15, -0.1) is 0 Å². The Balaban J connectivity index is 1.90. The first kappa shape index (κ1) is 13.1. The largest absolute Gasteiger partial charge is 0.342 e. The minimum atomic E-state index is -0.112. The van der Waals surface area contributed by atoms with Gasteiger partial charge in [0.25, 0.3) is 5.56 Å². The number of rotatable bonds is 2. The van der Waals surface area contributed by atoms with Crippen molar-refractivity contribution in [2.45, 2.75) is 19.8 Å². The van der Waals surface area contributed by atoms with E-state index in [1.807, 2.05) is 0 Å². The fourth-order valence-corrected chi connectivity index (χ4v) is 2.59. The molecule has 20 heavy (non-hydrogen) atoms. The quantitative estimate of drug-likeness (QED) is 0.848. The molecule has 0 atom stereocenters. The molecule has 1 aliphatic heterocycles. The van der Waals surface area contributed by atoms with Gasteiger partial charge in [-0.25, -0.2) is 4.98 Å². The lowest BCUT2D eigenvalue weighted by atomic mass is 9.81. The Bertz CT molecular complexity index is 673. The van der Waals surface area contributed by atoms with Crippen molar-refractivity contribution < 1.29 is 0 Å². The summed E-state index contributed by atoms with van der Waals surface area (Å²) >= 11 is 0. The normalized spacial score (nSPS) is 18.4. The second-order valence-corrected chi connectivity index (χ2v) is 5.78. The molecule has 2 aromatic rings. The molecule has 6 nitrogen and oxygen atoms in total. The van der Waals surface area contributed by atoms with Gasteiger partial charge >= 0.3 is 0 Å². The number of aromatic amines is 1. The van der Waals surface area contributed by atoms with E-state index in [4.69, 9.17) is 5.73 Å². The topological polar surface area (TPSA) is 87.9 Å². The average molecular weight is 273 g/mol. The SMILES string of the molecule is CC1(CN)CCN(c2nc3cnccc3c(=O)[nH]2)CC1. The van der Waals surface area contributed by atoms with Crippen molar-refractivity contribution in [2.24, 2.45) is 11.1 Å². The number of H-pyrrole nitrogens is 1. The van der Waals surface area contributed by atoms with E-state index in [0.29, 0.717) is 23.4 Å². The molecule has 0 bridgehead atoms. The second-order valence-electron chi connectivity index (χ2n) is 5.78. The molecule has 0 aromatic carbocycles. The van der Waals surface area contributed by atoms with Crippen molar-refractivity contribution in [3.63, 3.8) is 0 Å². The number of hydrogen-bond acceptors (Lipinski definition) is 5. The highest BCUT2D eigenvalue weighted by molar-refractivity contribution is 5.77. The maximum Gasteiger partial charge on any atom is 0.260 e. The molecule has 1 fully saturated rings. The Morgan fingerprint density at radius 3 is 2.90 bits per heavy atom. The number of piperidine rings is 1. The van der Waals surface area contributed by atoms with Gasteiger partial charge in [-0.3, -0.25) is 14.8 Å². The van der Waals surface area contributed by atoms with Gasteiger partial charge < -0.3 is 10.6 Å². The van der Waals surface area contributed by atoms with Crippen LogP contribution in [0.15, 0.2) is 23.3 Å². The molecule has 0 aliphatic carbocycles. The molecule has 6 heteroatoms. The third-order valence-electron chi connectivity index (χ3n) is 4.26. The van der Waals surface area contributed by atoms with Crippen LogP contribution in [-0.4, -0.2) is 34.6 Å². The van der Waals surface area contributed by atoms with Crippen LogP contribution in [0, 0.1) is 5.41 Å². The van der Waals surface area contributed by atoms with E-state index in [1.165, 1.54) is 0 Å². The van der Waals surface area contributed by atoms with Crippen molar-refractivity contribution >= 4 is 16.9 Å². The van der Waals surface area contributed by atoms with Crippen LogP contribution in [-0.2, 0) is 0 Å². The van der Waals surface area contributed by atoms with Gasteiger partial charge in [0, 0.05) is 19.3 Å². The predicted molar refractivity (Wildman–Crippen MR) is 78.8 cm³/mol. The van der Waals surface area contributed by atoms with Gasteiger partial charge in [-0.05, 0) is 30.9 Å². The summed E-state index contributed by atoms with van der Waals surface area (Å²) in [5.74, 6) is 0.634. The summed E-state index contributed by atoms with van der Waals surface area (Å²) in [4.78, 5) is 25.6. The van der Waals surface area contributed by atoms with Crippen LogP contribution in [0.2, 0.25) is 0 Å². The number of fused-ring (bicyclic) bond motifs is 1. The third-order valence-corrected chi connectivity index (χ3v) is 4.26. The van der Waals surface area contributed by atoms with Crippen LogP contribution in [0.1, 0.15) is 19.8 Å². The Hall–Kier alpha value is -1.95. The van der Waals surface area contributed by atoms with E-state index in [-0.39, 0.29) is 11.0 Å². The minimum Gasteiger partial charge on any atom is -0.342 e. The number of pyridine rings is 1. The van der Waals surface area contributed by atoms with E-state index < -0.39 is 0 Å². The zero-order valence-corrected chi connectivity index (χ0v) is 11.6. The zero-order chi connectivity index (χ0) is 14.2. The lowest BCUT2D eigenvalue weighted by Gasteiger charge is -2.38. The lowest BCUT2D eigenvalue weighted by Crippen LogP contribution is -2.43. The van der Waals surface area contributed by atoms with Gasteiger partial charge in [0.1, 0.15) is 0 Å². The molecule has 3 heterocycles. The summed E-state index contributed by atoms with van der Waals surface area (Å²) in [6.07, 6.45) is 5.26. The summed E-state index contributed by atoms with van der Waals surface area (Å²) in [7, 11) is 0. The molecule has 0 saturated carbocycles. The summed E-state index contributed by atoms with van der Waals surface area (Å²) in [6, 6.07) is 1.69. The second kappa shape index (κ2) is 4.86. The Kier molecular flexibility index (Phi) is 3.17. The van der Waals surface area contributed by atoms with E-state index in [2.05, 4.69) is 26.8 Å². The number of anilines is 1. The van der Waals surface area contributed by atoms with Crippen molar-refractivity contribution in [3.05, 3.63) is 28.8 Å². The van der Waals surface area contributed by atoms with E-state index >= 15 is 0 Å². The fraction of sp³-hybridized carbons (Fsp3) is 0.500. The summed E-state index contributed by atoms with van der Waals surface area (Å²) in [5, 5.41) is 0.576. The maximum atomic E-state index is 12.1. The monoisotopic (exact) mass is 273 g/mol. The van der Waals surface area contributed by atoms with Crippen LogP contribution >= 0.6 is 0 Å². The molecular formula is C14H19N5O. The highest BCUT2D eigenvalue weighted by atomic mass is 16.1. The number of nitrogens with zero attached hydrogens (tertiary/aromatic N) is 3. The molecule has 3 rings (SSSR count). The fourth-order valence-electron chi connectivity index (χ4n) is 2.59. The van der Waals surface area contributed by atoms with E-state index in [0.717, 1.165) is 25.9 Å². The average Bonchev–Trinajstić information content (AvgIpc) is 2.48. The van der Waals surface area contributed by atoms with Crippen molar-refractivity contribution in [2.75, 3.05) is 24.5 Å². The van der Waals surface area contributed by atoms with E-state index in [9.17, 15) is 4.79 Å². The number of nitrogens with two attached hydrogens (primary N) is 1. The molecule has 1 saturated heterocycles. The van der Waals surface area contributed by atoms with Gasteiger partial charge in [0.05, 0.1) is 17.1 Å². The van der Waals surface area contributed by atoms with Crippen molar-refractivity contribution in [1.82, 2.24) is 15.0 Å². The molecule has 0 amide bonds. The summed E-state index contributed by atoms with van der Waals surface area (Å²) in [5.41, 5.74) is 6.55. The summed E-state index contributed by atoms with van der Waals surface area (Å²) in [6.45, 7) is 4.64. The summed E-state index contributed by atoms with van der Waals surface area (Å²) < 4.78 is 0. The van der Waals surface area contributed by atoms with Crippen LogP contribution in [0.25, 0.3) is 10.9 Å². The number of hydrogen-bond donors (Lipinski definition) is 2. The van der Waals surface area contributed by atoms with Gasteiger partial charge in [-0.1, -0.05) is 6.92 Å². The first-order valence-electron chi connectivity index (χ1n) is 6.90. The molecule has 106 valence electrons. The number of aromatic nitrogens is 3. The van der Waals surface area contributed by atoms with Gasteiger partial charge in [-0.2, -0.15) is 0 Å². The standard InChI is InChI=1S/C14H19N5O/c1-14(9-15)3-6-19(7-4-14)13-17-11-8-16-5-2-10(11)12(20)18-13/h2,5,8H,3-4,6-7,9,15H2,1H3,(H,17,18,20). The van der Waals surface area contributed by atoms with Crippen molar-refractivity contribution in [3.8, 4) is 0 Å². The Morgan fingerprint density at radius 1 is 1.45 bits per heavy atom. The van der Waals surface area contributed by atoms with Crippen LogP contribution < -0.4 is 16.2 Å². The Morgan fingerprint density at radius 2 is 2.20 bits per heavy atom. The van der Waals surface area contributed by atoms with Crippen LogP contribution in [0.5, 0.6) is 0 Å². The van der Waals surface area contributed by atoms with Gasteiger partial charge in [0.2, 0.25) is 5.95 Å². The first-order chi connectivity index (χ1) is 9.61. The predicted octanol–water partition coefficient (Wildman–Crippen LogP) is 0.883. The molecule has 0 unspecified atom stereocenters. The molecule has 0 spiro atoms. The van der Waals surface area contributed by atoms with E-state index in [1.54, 1.807) is 18.5 Å². The first-order valence-corrected chi connectivity index (χ1v) is 6.90. The molecule has 3 N–H and O–H groups in total. The molecule has 0 radical (unpaired) electrons. The van der Waals surface area contributed by atoms with Crippen molar-refractivity contribution in [1.29, 1.82) is 0 Å². The minimum absolute atomic E-state index is 0.112. The third kappa shape index (κ3) is 2.27. The van der Waals surface area contributed by atoms with Crippen LogP contribution in [0.4, 0.5) is 5.95 Å². The Labute approximate surface area is 117 Å². The highest BCUT2D eigenvalue weighted by Crippen LogP contribution is 2.30. The van der Waals surface area contributed by atoms with Gasteiger partial charge in [0.15, 0.2) is 0 Å². The molecule has 1 aliphatic rings.